The first-order valence-electron chi connectivity index (χ1n) is 12.9. The summed E-state index contributed by atoms with van der Waals surface area (Å²) in [6.07, 6.45) is 17.3. The lowest BCUT2D eigenvalue weighted by Crippen LogP contribution is -2.54. The van der Waals surface area contributed by atoms with Gasteiger partial charge in [-0.3, -0.25) is 4.79 Å². The summed E-state index contributed by atoms with van der Waals surface area (Å²) < 4.78 is 1.01. The van der Waals surface area contributed by atoms with Crippen molar-refractivity contribution in [2.45, 2.75) is 77.7 Å². The smallest absolute Gasteiger partial charge is 0.146 e. The molecule has 4 saturated carbocycles. The van der Waals surface area contributed by atoms with E-state index in [0.29, 0.717) is 22.9 Å². The Balaban J connectivity index is 1.24. The molecule has 32 heavy (non-hydrogen) atoms. The first kappa shape index (κ1) is 23.7. The summed E-state index contributed by atoms with van der Waals surface area (Å²) in [6, 6.07) is 0. The number of carbonyl (C=O) groups excluding carboxylic acids is 1. The van der Waals surface area contributed by atoms with Gasteiger partial charge in [-0.25, -0.2) is 0 Å². The number of thioether (sulfide) groups is 1. The van der Waals surface area contributed by atoms with E-state index in [-0.39, 0.29) is 17.4 Å². The van der Waals surface area contributed by atoms with E-state index in [1.807, 2.05) is 0 Å². The minimum absolute atomic E-state index is 0.0665. The second-order valence-corrected chi connectivity index (χ2v) is 13.6. The average Bonchev–Trinajstić information content (AvgIpc) is 3.15. The standard InChI is InChI=1S/C27H40INO2S/c1-26-11-7-19(30)15-18(26)3-4-21-22-5-6-24(27(22,2)12-8-23(21)26)25(31)16-32-20-9-13-29(17-28)14-10-20/h9-10,13,18-19,21-24,30H,3-8,11-12,14-17H2,1-2H3/t18-,19-,21+,22+,23+,24-,26+,27+/m1/s1. The number of aliphatic hydroxyl groups is 1. The summed E-state index contributed by atoms with van der Waals surface area (Å²) in [6.45, 7) is 5.99. The van der Waals surface area contributed by atoms with Gasteiger partial charge in [-0.05, 0) is 98.4 Å². The maximum absolute atomic E-state index is 13.4. The van der Waals surface area contributed by atoms with Crippen LogP contribution in [0.5, 0.6) is 0 Å². The molecule has 0 spiro atoms. The molecule has 5 heteroatoms. The van der Waals surface area contributed by atoms with E-state index in [4.69, 9.17) is 0 Å². The Morgan fingerprint density at radius 3 is 2.66 bits per heavy atom. The summed E-state index contributed by atoms with van der Waals surface area (Å²) >= 11 is 4.14. The van der Waals surface area contributed by atoms with Gasteiger partial charge in [0.1, 0.15) is 5.78 Å². The lowest BCUT2D eigenvalue weighted by Gasteiger charge is -2.60. The van der Waals surface area contributed by atoms with Gasteiger partial charge < -0.3 is 10.0 Å². The summed E-state index contributed by atoms with van der Waals surface area (Å²) in [5, 5.41) is 10.3. The molecule has 0 aromatic rings. The lowest BCUT2D eigenvalue weighted by atomic mass is 9.44. The lowest BCUT2D eigenvalue weighted by molar-refractivity contribution is -0.138. The van der Waals surface area contributed by atoms with Crippen LogP contribution in [0, 0.1) is 40.4 Å². The molecular formula is C27H40INO2S. The molecule has 0 bridgehead atoms. The Bertz CT molecular complexity index is 799. The third-order valence-electron chi connectivity index (χ3n) is 10.5. The number of hydrogen-bond acceptors (Lipinski definition) is 4. The topological polar surface area (TPSA) is 40.5 Å². The molecule has 0 aromatic heterocycles. The fraction of sp³-hybridized carbons (Fsp3) is 0.815. The average molecular weight is 570 g/mol. The number of hydrogen-bond donors (Lipinski definition) is 1. The van der Waals surface area contributed by atoms with Gasteiger partial charge in [-0.1, -0.05) is 42.5 Å². The minimum atomic E-state index is -0.0665. The molecule has 1 aliphatic heterocycles. The minimum Gasteiger partial charge on any atom is -0.393 e. The predicted molar refractivity (Wildman–Crippen MR) is 142 cm³/mol. The summed E-state index contributed by atoms with van der Waals surface area (Å²) in [7, 11) is 0. The monoisotopic (exact) mass is 569 g/mol. The van der Waals surface area contributed by atoms with Crippen LogP contribution in [0.15, 0.2) is 23.3 Å². The van der Waals surface area contributed by atoms with E-state index in [9.17, 15) is 9.90 Å². The number of fused-ring (bicyclic) bond motifs is 5. The molecule has 4 aliphatic carbocycles. The molecule has 0 unspecified atom stereocenters. The third-order valence-corrected chi connectivity index (χ3v) is 12.5. The third kappa shape index (κ3) is 4.04. The van der Waals surface area contributed by atoms with Crippen molar-refractivity contribution in [2.24, 2.45) is 40.4 Å². The van der Waals surface area contributed by atoms with Crippen molar-refractivity contribution in [2.75, 3.05) is 16.8 Å². The van der Waals surface area contributed by atoms with Crippen LogP contribution < -0.4 is 0 Å². The number of carbonyl (C=O) groups is 1. The van der Waals surface area contributed by atoms with E-state index in [0.717, 1.165) is 48.1 Å². The number of aliphatic hydroxyl groups excluding tert-OH is 1. The molecule has 3 nitrogen and oxygen atoms in total. The van der Waals surface area contributed by atoms with Crippen LogP contribution in [0.2, 0.25) is 0 Å². The van der Waals surface area contributed by atoms with Gasteiger partial charge in [0.2, 0.25) is 0 Å². The van der Waals surface area contributed by atoms with Crippen LogP contribution in [0.4, 0.5) is 0 Å². The molecule has 0 amide bonds. The number of allylic oxidation sites excluding steroid dienone is 1. The van der Waals surface area contributed by atoms with Crippen molar-refractivity contribution in [1.82, 2.24) is 4.90 Å². The maximum Gasteiger partial charge on any atom is 0.146 e. The normalized spacial score (nSPS) is 45.6. The number of ketones is 1. The van der Waals surface area contributed by atoms with Gasteiger partial charge in [-0.2, -0.15) is 0 Å². The van der Waals surface area contributed by atoms with Crippen LogP contribution in [0.25, 0.3) is 0 Å². The zero-order valence-electron chi connectivity index (χ0n) is 19.8. The highest BCUT2D eigenvalue weighted by atomic mass is 127. The Hall–Kier alpha value is -0.0100. The molecule has 0 radical (unpaired) electrons. The van der Waals surface area contributed by atoms with Crippen molar-refractivity contribution >= 4 is 40.1 Å². The molecule has 4 fully saturated rings. The molecule has 0 aromatic carbocycles. The number of alkyl halides is 1. The zero-order valence-corrected chi connectivity index (χ0v) is 22.7. The second-order valence-electron chi connectivity index (χ2n) is 11.8. The van der Waals surface area contributed by atoms with Crippen molar-refractivity contribution in [3.8, 4) is 0 Å². The van der Waals surface area contributed by atoms with Crippen LogP contribution in [0.3, 0.4) is 0 Å². The quantitative estimate of drug-likeness (QED) is 0.236. The number of nitrogens with zero attached hydrogens (tertiary/aromatic N) is 1. The van der Waals surface area contributed by atoms with Gasteiger partial charge in [0.05, 0.1) is 16.4 Å². The maximum atomic E-state index is 13.4. The molecule has 8 atom stereocenters. The van der Waals surface area contributed by atoms with Gasteiger partial charge in [0.25, 0.3) is 0 Å². The molecule has 178 valence electrons. The molecule has 1 N–H and O–H groups in total. The second kappa shape index (κ2) is 9.22. The Kier molecular flexibility index (Phi) is 6.83. The Morgan fingerprint density at radius 1 is 1.12 bits per heavy atom. The SMILES string of the molecule is C[C@]12CC[C@@H](O)C[C@H]1CC[C@@H]1[C@@H]2CC[C@]2(C)[C@@H](C(=O)CSC3=CCN(CI)C=C3)CC[C@@H]12. The Morgan fingerprint density at radius 2 is 1.91 bits per heavy atom. The molecule has 5 rings (SSSR count). The summed E-state index contributed by atoms with van der Waals surface area (Å²) in [5.41, 5.74) is 0.637. The fourth-order valence-electron chi connectivity index (χ4n) is 8.73. The van der Waals surface area contributed by atoms with Gasteiger partial charge >= 0.3 is 0 Å². The van der Waals surface area contributed by atoms with Gasteiger partial charge in [-0.15, -0.1) is 11.8 Å². The van der Waals surface area contributed by atoms with E-state index >= 15 is 0 Å². The number of rotatable bonds is 5. The fourth-order valence-corrected chi connectivity index (χ4v) is 10.1. The largest absolute Gasteiger partial charge is 0.393 e. The first-order chi connectivity index (χ1) is 15.3. The molecular weight excluding hydrogens is 529 g/mol. The van der Waals surface area contributed by atoms with Crippen molar-refractivity contribution < 1.29 is 9.90 Å². The molecule has 1 heterocycles. The molecule has 5 aliphatic rings. The highest BCUT2D eigenvalue weighted by molar-refractivity contribution is 14.1. The van der Waals surface area contributed by atoms with E-state index in [1.54, 1.807) is 11.8 Å². The Labute approximate surface area is 212 Å². The van der Waals surface area contributed by atoms with Crippen LogP contribution in [0.1, 0.15) is 71.6 Å². The first-order valence-corrected chi connectivity index (χ1v) is 15.4. The van der Waals surface area contributed by atoms with Gasteiger partial charge in [0.15, 0.2) is 0 Å². The number of halogens is 1. The van der Waals surface area contributed by atoms with Crippen molar-refractivity contribution in [1.29, 1.82) is 0 Å². The van der Waals surface area contributed by atoms with E-state index in [2.05, 4.69) is 59.7 Å². The zero-order chi connectivity index (χ0) is 22.5. The predicted octanol–water partition coefficient (Wildman–Crippen LogP) is 6.41. The van der Waals surface area contributed by atoms with Crippen LogP contribution >= 0.6 is 34.4 Å². The van der Waals surface area contributed by atoms with Crippen molar-refractivity contribution in [3.05, 3.63) is 23.3 Å². The van der Waals surface area contributed by atoms with E-state index < -0.39 is 0 Å². The van der Waals surface area contributed by atoms with E-state index in [1.165, 1.54) is 43.4 Å². The number of Topliss-reactive ketones (excluding diaryl/α,β-unsaturated/α-hetero) is 1. The highest BCUT2D eigenvalue weighted by Gasteiger charge is 2.61. The molecule has 0 saturated heterocycles. The highest BCUT2D eigenvalue weighted by Crippen LogP contribution is 2.67. The van der Waals surface area contributed by atoms with Crippen LogP contribution in [-0.4, -0.2) is 38.7 Å². The van der Waals surface area contributed by atoms with Gasteiger partial charge in [0, 0.05) is 23.6 Å². The summed E-state index contributed by atoms with van der Waals surface area (Å²) in [5.74, 6) is 4.47. The summed E-state index contributed by atoms with van der Waals surface area (Å²) in [4.78, 5) is 17.0. The van der Waals surface area contributed by atoms with Crippen molar-refractivity contribution in [3.63, 3.8) is 0 Å². The van der Waals surface area contributed by atoms with Crippen LogP contribution in [-0.2, 0) is 4.79 Å².